The quantitative estimate of drug-likeness (QED) is 0.884. The summed E-state index contributed by atoms with van der Waals surface area (Å²) in [6.07, 6.45) is 0. The van der Waals surface area contributed by atoms with Crippen molar-refractivity contribution in [1.82, 2.24) is 4.98 Å². The molecule has 0 fully saturated rings. The second kappa shape index (κ2) is 4.69. The topological polar surface area (TPSA) is 38.9 Å². The summed E-state index contributed by atoms with van der Waals surface area (Å²) in [7, 11) is 0. The van der Waals surface area contributed by atoms with Gasteiger partial charge >= 0.3 is 0 Å². The molecule has 1 heterocycles. The number of nitrogens with two attached hydrogens (primary N) is 1. The first-order valence-corrected chi connectivity index (χ1v) is 7.13. The number of thiazole rings is 1. The Labute approximate surface area is 118 Å². The average molecular weight is 332 g/mol. The van der Waals surface area contributed by atoms with E-state index in [4.69, 9.17) is 17.3 Å². The van der Waals surface area contributed by atoms with Crippen LogP contribution in [-0.4, -0.2) is 4.98 Å². The van der Waals surface area contributed by atoms with Crippen molar-refractivity contribution in [2.45, 2.75) is 19.4 Å². The summed E-state index contributed by atoms with van der Waals surface area (Å²) < 4.78 is 0.959. The fourth-order valence-electron chi connectivity index (χ4n) is 1.39. The van der Waals surface area contributed by atoms with Crippen molar-refractivity contribution in [1.29, 1.82) is 0 Å². The molecule has 0 aliphatic carbocycles. The third kappa shape index (κ3) is 2.88. The van der Waals surface area contributed by atoms with Crippen molar-refractivity contribution in [3.8, 4) is 11.3 Å². The van der Waals surface area contributed by atoms with Crippen LogP contribution in [-0.2, 0) is 5.54 Å². The Kier molecular flexibility index (Phi) is 3.59. The Morgan fingerprint density at radius 2 is 2.12 bits per heavy atom. The van der Waals surface area contributed by atoms with Crippen LogP contribution in [0.25, 0.3) is 11.3 Å². The fraction of sp³-hybridized carbons (Fsp3) is 0.250. The van der Waals surface area contributed by atoms with E-state index in [9.17, 15) is 0 Å². The molecule has 0 radical (unpaired) electrons. The van der Waals surface area contributed by atoms with Gasteiger partial charge in [0.2, 0.25) is 0 Å². The van der Waals surface area contributed by atoms with Crippen molar-refractivity contribution in [2.24, 2.45) is 5.73 Å². The Morgan fingerprint density at radius 3 is 2.65 bits per heavy atom. The monoisotopic (exact) mass is 330 g/mol. The number of halogens is 2. The molecule has 0 spiro atoms. The van der Waals surface area contributed by atoms with E-state index in [1.165, 1.54) is 0 Å². The van der Waals surface area contributed by atoms with Gasteiger partial charge < -0.3 is 5.73 Å². The van der Waals surface area contributed by atoms with Gasteiger partial charge in [-0.25, -0.2) is 4.98 Å². The summed E-state index contributed by atoms with van der Waals surface area (Å²) in [4.78, 5) is 4.54. The van der Waals surface area contributed by atoms with E-state index < -0.39 is 5.54 Å². The van der Waals surface area contributed by atoms with Crippen molar-refractivity contribution >= 4 is 38.9 Å². The molecule has 0 aliphatic rings. The molecule has 0 atom stereocenters. The molecule has 0 amide bonds. The van der Waals surface area contributed by atoms with Crippen LogP contribution < -0.4 is 5.73 Å². The highest BCUT2D eigenvalue weighted by molar-refractivity contribution is 9.10. The minimum absolute atomic E-state index is 0.412. The minimum Gasteiger partial charge on any atom is -0.320 e. The van der Waals surface area contributed by atoms with Gasteiger partial charge in [-0.05, 0) is 26.0 Å². The normalized spacial score (nSPS) is 11.8. The number of hydrogen-bond acceptors (Lipinski definition) is 3. The van der Waals surface area contributed by atoms with Crippen LogP contribution in [0, 0.1) is 0 Å². The average Bonchev–Trinajstić information content (AvgIpc) is 2.65. The Hall–Kier alpha value is -0.420. The lowest BCUT2D eigenvalue weighted by molar-refractivity contribution is 0.551. The van der Waals surface area contributed by atoms with Gasteiger partial charge in [0, 0.05) is 15.4 Å². The van der Waals surface area contributed by atoms with Crippen LogP contribution in [0.3, 0.4) is 0 Å². The molecule has 17 heavy (non-hydrogen) atoms. The third-order valence-electron chi connectivity index (χ3n) is 2.26. The van der Waals surface area contributed by atoms with E-state index in [1.807, 2.05) is 37.4 Å². The van der Waals surface area contributed by atoms with Crippen molar-refractivity contribution in [3.63, 3.8) is 0 Å². The summed E-state index contributed by atoms with van der Waals surface area (Å²) in [5, 5.41) is 3.58. The second-order valence-corrected chi connectivity index (χ2v) is 6.56. The lowest BCUT2D eigenvalue weighted by Gasteiger charge is -2.13. The molecule has 0 unspecified atom stereocenters. The van der Waals surface area contributed by atoms with E-state index >= 15 is 0 Å². The van der Waals surface area contributed by atoms with Gasteiger partial charge in [-0.15, -0.1) is 11.3 Å². The number of hydrogen-bond donors (Lipinski definition) is 1. The number of nitrogens with zero attached hydrogens (tertiary/aromatic N) is 1. The first-order valence-electron chi connectivity index (χ1n) is 5.08. The fourth-order valence-corrected chi connectivity index (χ4v) is 3.02. The summed E-state index contributed by atoms with van der Waals surface area (Å²) in [5.74, 6) is 0. The lowest BCUT2D eigenvalue weighted by Crippen LogP contribution is -2.28. The molecule has 1 aromatic carbocycles. The van der Waals surface area contributed by atoms with Crippen LogP contribution in [0.4, 0.5) is 0 Å². The summed E-state index contributed by atoms with van der Waals surface area (Å²) in [5.41, 5.74) is 7.41. The van der Waals surface area contributed by atoms with E-state index in [-0.39, 0.29) is 0 Å². The first kappa shape index (κ1) is 13.0. The summed E-state index contributed by atoms with van der Waals surface area (Å²) in [6.45, 7) is 3.89. The molecule has 2 nitrogen and oxygen atoms in total. The molecule has 2 rings (SSSR count). The smallest absolute Gasteiger partial charge is 0.113 e. The number of benzene rings is 1. The summed E-state index contributed by atoms with van der Waals surface area (Å²) >= 11 is 11.1. The highest BCUT2D eigenvalue weighted by Crippen LogP contribution is 2.33. The highest BCUT2D eigenvalue weighted by atomic mass is 79.9. The largest absolute Gasteiger partial charge is 0.320 e. The Balaban J connectivity index is 2.44. The van der Waals surface area contributed by atoms with Crippen LogP contribution in [0.2, 0.25) is 5.02 Å². The van der Waals surface area contributed by atoms with Gasteiger partial charge in [-0.1, -0.05) is 33.6 Å². The molecule has 0 saturated carbocycles. The predicted molar refractivity (Wildman–Crippen MR) is 77.5 cm³/mol. The van der Waals surface area contributed by atoms with Crippen LogP contribution in [0.1, 0.15) is 18.9 Å². The van der Waals surface area contributed by atoms with Crippen LogP contribution in [0.5, 0.6) is 0 Å². The van der Waals surface area contributed by atoms with Crippen molar-refractivity contribution < 1.29 is 0 Å². The first-order chi connectivity index (χ1) is 7.88. The van der Waals surface area contributed by atoms with Gasteiger partial charge in [0.15, 0.2) is 0 Å². The maximum absolute atomic E-state index is 6.19. The number of aromatic nitrogens is 1. The highest BCUT2D eigenvalue weighted by Gasteiger charge is 2.19. The maximum Gasteiger partial charge on any atom is 0.113 e. The molecule has 2 N–H and O–H groups in total. The molecule has 0 saturated heterocycles. The van der Waals surface area contributed by atoms with Gasteiger partial charge in [-0.3, -0.25) is 0 Å². The van der Waals surface area contributed by atoms with E-state index in [0.717, 1.165) is 20.7 Å². The van der Waals surface area contributed by atoms with Crippen LogP contribution in [0.15, 0.2) is 28.1 Å². The summed E-state index contributed by atoms with van der Waals surface area (Å²) in [6, 6.07) is 5.77. The minimum atomic E-state index is -0.412. The molecule has 1 aromatic heterocycles. The van der Waals surface area contributed by atoms with Gasteiger partial charge in [0.25, 0.3) is 0 Å². The molecule has 5 heteroatoms. The molecule has 90 valence electrons. The third-order valence-corrected chi connectivity index (χ3v) is 4.25. The van der Waals surface area contributed by atoms with Gasteiger partial charge in [-0.2, -0.15) is 0 Å². The number of rotatable bonds is 2. The predicted octanol–water partition coefficient (Wildman–Crippen LogP) is 4.42. The van der Waals surface area contributed by atoms with E-state index in [1.54, 1.807) is 11.3 Å². The molecular weight excluding hydrogens is 320 g/mol. The van der Waals surface area contributed by atoms with E-state index in [0.29, 0.717) is 5.02 Å². The molecule has 2 aromatic rings. The molecule has 0 bridgehead atoms. The standard InChI is InChI=1S/C12H12BrClN2S/c1-12(2,15)11-16-10(6-17-11)8-4-3-7(13)5-9(8)14/h3-6H,15H2,1-2H3. The second-order valence-electron chi connectivity index (χ2n) is 4.38. The Morgan fingerprint density at radius 1 is 1.41 bits per heavy atom. The Bertz CT molecular complexity index is 546. The maximum atomic E-state index is 6.19. The SMILES string of the molecule is CC(C)(N)c1nc(-c2ccc(Br)cc2Cl)cs1. The van der Waals surface area contributed by atoms with Crippen molar-refractivity contribution in [2.75, 3.05) is 0 Å². The van der Waals surface area contributed by atoms with Gasteiger partial charge in [0.1, 0.15) is 5.01 Å². The van der Waals surface area contributed by atoms with Gasteiger partial charge in [0.05, 0.1) is 16.3 Å². The molecule has 0 aliphatic heterocycles. The van der Waals surface area contributed by atoms with E-state index in [2.05, 4.69) is 20.9 Å². The zero-order chi connectivity index (χ0) is 12.6. The molecular formula is C12H12BrClN2S. The lowest BCUT2D eigenvalue weighted by atomic mass is 10.1. The van der Waals surface area contributed by atoms with Crippen LogP contribution >= 0.6 is 38.9 Å². The zero-order valence-corrected chi connectivity index (χ0v) is 12.7. The zero-order valence-electron chi connectivity index (χ0n) is 9.50. The van der Waals surface area contributed by atoms with Crippen molar-refractivity contribution in [3.05, 3.63) is 38.1 Å².